The van der Waals surface area contributed by atoms with E-state index in [0.717, 1.165) is 20.9 Å². The van der Waals surface area contributed by atoms with Crippen LogP contribution in [0.5, 0.6) is 0 Å². The van der Waals surface area contributed by atoms with Gasteiger partial charge in [-0.3, -0.25) is 4.98 Å². The highest BCUT2D eigenvalue weighted by Crippen LogP contribution is 2.31. The molecule has 2 aromatic rings. The molecule has 0 aliphatic rings. The molecule has 0 saturated carbocycles. The van der Waals surface area contributed by atoms with Crippen LogP contribution in [0.2, 0.25) is 0 Å². The Bertz CT molecular complexity index is 542. The van der Waals surface area contributed by atoms with Crippen LogP contribution in [-0.2, 0) is 0 Å². The number of hydrogen-bond donors (Lipinski definition) is 2. The minimum atomic E-state index is -0.360. The molecule has 0 aliphatic carbocycles. The Kier molecular flexibility index (Phi) is 4.32. The molecule has 3 nitrogen and oxygen atoms in total. The fourth-order valence-corrected chi connectivity index (χ4v) is 2.70. The molecule has 0 radical (unpaired) electrons. The maximum Gasteiger partial charge on any atom is 0.0748 e. The molecule has 1 heterocycles. The molecule has 0 bridgehead atoms. The van der Waals surface area contributed by atoms with Gasteiger partial charge in [-0.05, 0) is 37.6 Å². The fraction of sp³-hybridized carbons (Fsp3) is 0.357. The summed E-state index contributed by atoms with van der Waals surface area (Å²) in [6.07, 6.45) is 2.08. The smallest absolute Gasteiger partial charge is 0.0748 e. The summed E-state index contributed by atoms with van der Waals surface area (Å²) in [6, 6.07) is 8.01. The summed E-state index contributed by atoms with van der Waals surface area (Å²) in [7, 11) is 0. The van der Waals surface area contributed by atoms with E-state index in [4.69, 9.17) is 5.73 Å². The van der Waals surface area contributed by atoms with Gasteiger partial charge in [-0.2, -0.15) is 0 Å². The second-order valence-corrected chi connectivity index (χ2v) is 5.41. The van der Waals surface area contributed by atoms with Crippen molar-refractivity contribution >= 4 is 26.8 Å². The Hall–Kier alpha value is -0.970. The number of hydrogen-bond acceptors (Lipinski definition) is 3. The van der Waals surface area contributed by atoms with Crippen LogP contribution < -0.4 is 5.73 Å². The van der Waals surface area contributed by atoms with Crippen molar-refractivity contribution in [3.8, 4) is 0 Å². The van der Waals surface area contributed by atoms with E-state index >= 15 is 0 Å². The summed E-state index contributed by atoms with van der Waals surface area (Å²) in [5.41, 5.74) is 7.90. The molecule has 4 heteroatoms. The summed E-state index contributed by atoms with van der Waals surface area (Å²) >= 11 is 3.53. The summed E-state index contributed by atoms with van der Waals surface area (Å²) in [5.74, 6) is 0.135. The Morgan fingerprint density at radius 2 is 2.17 bits per heavy atom. The monoisotopic (exact) mass is 308 g/mol. The number of halogens is 1. The summed E-state index contributed by atoms with van der Waals surface area (Å²) in [5, 5.41) is 10.6. The maximum atomic E-state index is 9.56. The molecule has 2 rings (SSSR count). The standard InChI is InChI=1S/C14H17BrN2O/c1-9(18)7-10(8-16)11-4-5-13(15)12-3-2-6-17-14(11)12/h2-6,9-10,18H,7-8,16H2,1H3. The van der Waals surface area contributed by atoms with Gasteiger partial charge in [0.05, 0.1) is 11.6 Å². The van der Waals surface area contributed by atoms with Crippen molar-refractivity contribution in [2.75, 3.05) is 6.54 Å². The quantitative estimate of drug-likeness (QED) is 0.913. The van der Waals surface area contributed by atoms with Crippen molar-refractivity contribution in [3.05, 3.63) is 40.5 Å². The molecule has 0 saturated heterocycles. The van der Waals surface area contributed by atoms with Crippen molar-refractivity contribution in [1.29, 1.82) is 0 Å². The van der Waals surface area contributed by atoms with Crippen LogP contribution in [0.3, 0.4) is 0 Å². The molecular weight excluding hydrogens is 292 g/mol. The van der Waals surface area contributed by atoms with E-state index in [1.54, 1.807) is 13.1 Å². The molecule has 0 spiro atoms. The van der Waals surface area contributed by atoms with E-state index in [-0.39, 0.29) is 12.0 Å². The Labute approximate surface area is 115 Å². The number of pyridine rings is 1. The molecule has 3 N–H and O–H groups in total. The summed E-state index contributed by atoms with van der Waals surface area (Å²) in [6.45, 7) is 2.30. The van der Waals surface area contributed by atoms with Gasteiger partial charge < -0.3 is 10.8 Å². The van der Waals surface area contributed by atoms with Crippen LogP contribution in [-0.4, -0.2) is 22.7 Å². The first-order chi connectivity index (χ1) is 8.63. The molecule has 1 aromatic heterocycles. The lowest BCUT2D eigenvalue weighted by atomic mass is 9.91. The predicted octanol–water partition coefficient (Wildman–Crippen LogP) is 2.81. The van der Waals surface area contributed by atoms with Crippen molar-refractivity contribution in [3.63, 3.8) is 0 Å². The molecule has 1 aromatic carbocycles. The zero-order valence-electron chi connectivity index (χ0n) is 10.3. The lowest BCUT2D eigenvalue weighted by Crippen LogP contribution is -2.18. The number of rotatable bonds is 4. The number of aromatic nitrogens is 1. The van der Waals surface area contributed by atoms with Gasteiger partial charge in [0, 0.05) is 22.0 Å². The largest absolute Gasteiger partial charge is 0.393 e. The Morgan fingerprint density at radius 1 is 1.39 bits per heavy atom. The van der Waals surface area contributed by atoms with Crippen molar-refractivity contribution in [1.82, 2.24) is 4.98 Å². The maximum absolute atomic E-state index is 9.56. The number of benzene rings is 1. The lowest BCUT2D eigenvalue weighted by molar-refractivity contribution is 0.175. The number of aliphatic hydroxyl groups excluding tert-OH is 1. The van der Waals surface area contributed by atoms with Gasteiger partial charge in [0.1, 0.15) is 0 Å². The van der Waals surface area contributed by atoms with Crippen LogP contribution in [0.4, 0.5) is 0 Å². The highest BCUT2D eigenvalue weighted by atomic mass is 79.9. The van der Waals surface area contributed by atoms with Crippen LogP contribution in [0.1, 0.15) is 24.8 Å². The average Bonchev–Trinajstić information content (AvgIpc) is 2.37. The summed E-state index contributed by atoms with van der Waals surface area (Å²) < 4.78 is 1.03. The first-order valence-electron chi connectivity index (χ1n) is 6.04. The molecule has 0 fully saturated rings. The van der Waals surface area contributed by atoms with Crippen molar-refractivity contribution < 1.29 is 5.11 Å². The molecule has 18 heavy (non-hydrogen) atoms. The Morgan fingerprint density at radius 3 is 2.83 bits per heavy atom. The van der Waals surface area contributed by atoms with Crippen LogP contribution in [0.15, 0.2) is 34.9 Å². The number of aliphatic hydroxyl groups is 1. The third kappa shape index (κ3) is 2.71. The second-order valence-electron chi connectivity index (χ2n) is 4.55. The van der Waals surface area contributed by atoms with Gasteiger partial charge >= 0.3 is 0 Å². The van der Waals surface area contributed by atoms with E-state index in [1.165, 1.54) is 0 Å². The molecular formula is C14H17BrN2O. The molecule has 2 unspecified atom stereocenters. The minimum absolute atomic E-state index is 0.135. The highest BCUT2D eigenvalue weighted by Gasteiger charge is 2.16. The average molecular weight is 309 g/mol. The van der Waals surface area contributed by atoms with Crippen LogP contribution in [0, 0.1) is 0 Å². The van der Waals surface area contributed by atoms with E-state index in [0.29, 0.717) is 13.0 Å². The van der Waals surface area contributed by atoms with Crippen LogP contribution >= 0.6 is 15.9 Å². The van der Waals surface area contributed by atoms with Crippen molar-refractivity contribution in [2.45, 2.75) is 25.4 Å². The SMILES string of the molecule is CC(O)CC(CN)c1ccc(Br)c2cccnc12. The summed E-state index contributed by atoms with van der Waals surface area (Å²) in [4.78, 5) is 4.45. The van der Waals surface area contributed by atoms with Gasteiger partial charge in [0.15, 0.2) is 0 Å². The molecule has 0 amide bonds. The lowest BCUT2D eigenvalue weighted by Gasteiger charge is -2.18. The van der Waals surface area contributed by atoms with E-state index in [9.17, 15) is 5.11 Å². The van der Waals surface area contributed by atoms with Gasteiger partial charge in [0.25, 0.3) is 0 Å². The van der Waals surface area contributed by atoms with Gasteiger partial charge in [0.2, 0.25) is 0 Å². The third-order valence-corrected chi connectivity index (χ3v) is 3.79. The minimum Gasteiger partial charge on any atom is -0.393 e. The van der Waals surface area contributed by atoms with Gasteiger partial charge in [-0.25, -0.2) is 0 Å². The molecule has 96 valence electrons. The number of fused-ring (bicyclic) bond motifs is 1. The van der Waals surface area contributed by atoms with Crippen molar-refractivity contribution in [2.24, 2.45) is 5.73 Å². The normalized spacial score (nSPS) is 14.7. The first kappa shape index (κ1) is 13.5. The van der Waals surface area contributed by atoms with E-state index in [1.807, 2.05) is 24.3 Å². The van der Waals surface area contributed by atoms with E-state index < -0.39 is 0 Å². The highest BCUT2D eigenvalue weighted by molar-refractivity contribution is 9.10. The molecule has 2 atom stereocenters. The number of nitrogens with zero attached hydrogens (tertiary/aromatic N) is 1. The topological polar surface area (TPSA) is 59.1 Å². The van der Waals surface area contributed by atoms with Gasteiger partial charge in [-0.15, -0.1) is 0 Å². The third-order valence-electron chi connectivity index (χ3n) is 3.10. The Balaban J connectivity index is 2.53. The van der Waals surface area contributed by atoms with E-state index in [2.05, 4.69) is 20.9 Å². The zero-order valence-corrected chi connectivity index (χ0v) is 11.9. The predicted molar refractivity (Wildman–Crippen MR) is 77.5 cm³/mol. The first-order valence-corrected chi connectivity index (χ1v) is 6.84. The molecule has 0 aliphatic heterocycles. The number of nitrogens with two attached hydrogens (primary N) is 1. The zero-order chi connectivity index (χ0) is 13.1. The fourth-order valence-electron chi connectivity index (χ4n) is 2.25. The van der Waals surface area contributed by atoms with Crippen LogP contribution in [0.25, 0.3) is 10.9 Å². The van der Waals surface area contributed by atoms with Gasteiger partial charge in [-0.1, -0.05) is 28.1 Å². The second kappa shape index (κ2) is 5.78.